The van der Waals surface area contributed by atoms with Crippen LogP contribution in [0.2, 0.25) is 5.28 Å². The standard InChI is InChI=1S/C14H14ClN7/c1-22(2)10-5-3-9(4-6-10)7-18-21-13-11-12(17-8-16-11)19-14(15)20-13/h3-8H,1-2H3,(H2,16,17,19,20,21)/b18-7+. The maximum absolute atomic E-state index is 5.85. The number of hydrogen-bond donors (Lipinski definition) is 2. The molecule has 0 amide bonds. The second kappa shape index (κ2) is 5.98. The number of aromatic nitrogens is 4. The molecule has 0 aliphatic rings. The van der Waals surface area contributed by atoms with Crippen molar-refractivity contribution in [3.05, 3.63) is 41.4 Å². The maximum Gasteiger partial charge on any atom is 0.226 e. The molecule has 0 atom stereocenters. The molecule has 0 aliphatic carbocycles. The molecule has 0 unspecified atom stereocenters. The van der Waals surface area contributed by atoms with Crippen LogP contribution in [0.25, 0.3) is 11.2 Å². The van der Waals surface area contributed by atoms with E-state index in [9.17, 15) is 0 Å². The van der Waals surface area contributed by atoms with Crippen LogP contribution in [0.4, 0.5) is 11.5 Å². The average molecular weight is 316 g/mol. The fourth-order valence-electron chi connectivity index (χ4n) is 1.91. The minimum atomic E-state index is 0.118. The summed E-state index contributed by atoms with van der Waals surface area (Å²) in [6.45, 7) is 0. The highest BCUT2D eigenvalue weighted by molar-refractivity contribution is 6.28. The number of hydrogen-bond acceptors (Lipinski definition) is 6. The molecule has 0 saturated heterocycles. The van der Waals surface area contributed by atoms with Gasteiger partial charge in [0.1, 0.15) is 5.52 Å². The van der Waals surface area contributed by atoms with Crippen molar-refractivity contribution in [2.75, 3.05) is 24.4 Å². The van der Waals surface area contributed by atoms with Gasteiger partial charge in [0.15, 0.2) is 11.5 Å². The molecule has 2 heterocycles. The van der Waals surface area contributed by atoms with Crippen molar-refractivity contribution in [2.45, 2.75) is 0 Å². The Kier molecular flexibility index (Phi) is 3.88. The summed E-state index contributed by atoms with van der Waals surface area (Å²) in [7, 11) is 4.00. The summed E-state index contributed by atoms with van der Waals surface area (Å²) in [5.41, 5.74) is 6.11. The SMILES string of the molecule is CN(C)c1ccc(/C=N/Nc2nc(Cl)nc3nc[nH]c23)cc1. The number of H-pyrrole nitrogens is 1. The molecule has 2 N–H and O–H groups in total. The second-order valence-corrected chi connectivity index (χ2v) is 5.14. The third-order valence-corrected chi connectivity index (χ3v) is 3.22. The number of fused-ring (bicyclic) bond motifs is 1. The maximum atomic E-state index is 5.85. The Labute approximate surface area is 132 Å². The van der Waals surface area contributed by atoms with Crippen molar-refractivity contribution in [3.8, 4) is 0 Å². The van der Waals surface area contributed by atoms with Crippen molar-refractivity contribution in [1.82, 2.24) is 19.9 Å². The first-order valence-electron chi connectivity index (χ1n) is 6.56. The fraction of sp³-hybridized carbons (Fsp3) is 0.143. The predicted molar refractivity (Wildman–Crippen MR) is 88.7 cm³/mol. The van der Waals surface area contributed by atoms with E-state index in [1.165, 1.54) is 6.33 Å². The van der Waals surface area contributed by atoms with Crippen molar-refractivity contribution in [2.24, 2.45) is 5.10 Å². The van der Waals surface area contributed by atoms with Crippen LogP contribution in [0.3, 0.4) is 0 Å². The number of rotatable bonds is 4. The Bertz CT molecular complexity index is 808. The fourth-order valence-corrected chi connectivity index (χ4v) is 2.08. The monoisotopic (exact) mass is 315 g/mol. The lowest BCUT2D eigenvalue weighted by Crippen LogP contribution is -2.08. The first-order valence-corrected chi connectivity index (χ1v) is 6.94. The van der Waals surface area contributed by atoms with Crippen LogP contribution in [0.1, 0.15) is 5.56 Å². The first-order chi connectivity index (χ1) is 10.6. The third kappa shape index (κ3) is 2.99. The summed E-state index contributed by atoms with van der Waals surface area (Å²) in [6.07, 6.45) is 3.24. The van der Waals surface area contributed by atoms with Gasteiger partial charge in [0.25, 0.3) is 0 Å². The van der Waals surface area contributed by atoms with Crippen LogP contribution in [0, 0.1) is 0 Å². The molecule has 2 aromatic heterocycles. The number of nitrogens with zero attached hydrogens (tertiary/aromatic N) is 5. The minimum Gasteiger partial charge on any atom is -0.378 e. The van der Waals surface area contributed by atoms with Gasteiger partial charge in [-0.15, -0.1) is 0 Å². The van der Waals surface area contributed by atoms with Crippen LogP contribution in [-0.2, 0) is 0 Å². The van der Waals surface area contributed by atoms with Gasteiger partial charge in [-0.25, -0.2) is 4.98 Å². The van der Waals surface area contributed by atoms with E-state index in [0.717, 1.165) is 11.3 Å². The molecule has 1 aromatic carbocycles. The molecule has 0 radical (unpaired) electrons. The van der Waals surface area contributed by atoms with Gasteiger partial charge in [-0.3, -0.25) is 5.43 Å². The van der Waals surface area contributed by atoms with Crippen LogP contribution in [0.15, 0.2) is 35.7 Å². The van der Waals surface area contributed by atoms with Crippen molar-refractivity contribution in [1.29, 1.82) is 0 Å². The zero-order chi connectivity index (χ0) is 15.5. The quantitative estimate of drug-likeness (QED) is 0.439. The van der Waals surface area contributed by atoms with Crippen LogP contribution in [0.5, 0.6) is 0 Å². The Hall–Kier alpha value is -2.67. The van der Waals surface area contributed by atoms with Crippen molar-refractivity contribution in [3.63, 3.8) is 0 Å². The second-order valence-electron chi connectivity index (χ2n) is 4.80. The van der Waals surface area contributed by atoms with E-state index in [1.807, 2.05) is 43.3 Å². The molecule has 0 aliphatic heterocycles. The molecule has 3 rings (SSSR count). The van der Waals surface area contributed by atoms with Gasteiger partial charge in [0.2, 0.25) is 5.28 Å². The van der Waals surface area contributed by atoms with Gasteiger partial charge in [-0.2, -0.15) is 15.1 Å². The molecule has 3 aromatic rings. The Morgan fingerprint density at radius 1 is 1.23 bits per heavy atom. The van der Waals surface area contributed by atoms with Gasteiger partial charge in [0, 0.05) is 19.8 Å². The molecule has 0 fully saturated rings. The zero-order valence-electron chi connectivity index (χ0n) is 12.1. The third-order valence-electron chi connectivity index (χ3n) is 3.05. The lowest BCUT2D eigenvalue weighted by Gasteiger charge is -2.11. The Balaban J connectivity index is 1.77. The summed E-state index contributed by atoms with van der Waals surface area (Å²) in [6, 6.07) is 8.02. The van der Waals surface area contributed by atoms with Gasteiger partial charge in [-0.05, 0) is 29.3 Å². The average Bonchev–Trinajstić information content (AvgIpc) is 2.96. The number of hydrazone groups is 1. The molecular formula is C14H14ClN7. The van der Waals surface area contributed by atoms with E-state index < -0.39 is 0 Å². The molecule has 7 nitrogen and oxygen atoms in total. The van der Waals surface area contributed by atoms with Gasteiger partial charge in [0.05, 0.1) is 12.5 Å². The number of halogens is 1. The Morgan fingerprint density at radius 2 is 2.00 bits per heavy atom. The van der Waals surface area contributed by atoms with E-state index in [-0.39, 0.29) is 5.28 Å². The smallest absolute Gasteiger partial charge is 0.226 e. The van der Waals surface area contributed by atoms with E-state index in [2.05, 4.69) is 30.5 Å². The molecule has 112 valence electrons. The normalized spacial score (nSPS) is 11.2. The van der Waals surface area contributed by atoms with Gasteiger partial charge < -0.3 is 9.88 Å². The number of benzene rings is 1. The number of anilines is 2. The number of nitrogens with one attached hydrogen (secondary N) is 2. The molecular weight excluding hydrogens is 302 g/mol. The summed E-state index contributed by atoms with van der Waals surface area (Å²) in [5.74, 6) is 0.480. The van der Waals surface area contributed by atoms with E-state index in [0.29, 0.717) is 17.0 Å². The van der Waals surface area contributed by atoms with Crippen molar-refractivity contribution >= 4 is 40.5 Å². The van der Waals surface area contributed by atoms with Gasteiger partial charge >= 0.3 is 0 Å². The van der Waals surface area contributed by atoms with E-state index >= 15 is 0 Å². The summed E-state index contributed by atoms with van der Waals surface area (Å²) < 4.78 is 0. The van der Waals surface area contributed by atoms with E-state index in [4.69, 9.17) is 11.6 Å². The highest BCUT2D eigenvalue weighted by Crippen LogP contribution is 2.18. The molecule has 0 bridgehead atoms. The zero-order valence-corrected chi connectivity index (χ0v) is 12.8. The van der Waals surface area contributed by atoms with Crippen LogP contribution < -0.4 is 10.3 Å². The van der Waals surface area contributed by atoms with Crippen LogP contribution in [-0.4, -0.2) is 40.2 Å². The molecule has 0 spiro atoms. The first kappa shape index (κ1) is 14.3. The summed E-state index contributed by atoms with van der Waals surface area (Å²) in [4.78, 5) is 17.1. The highest BCUT2D eigenvalue weighted by Gasteiger charge is 2.07. The summed E-state index contributed by atoms with van der Waals surface area (Å²) >= 11 is 5.85. The molecule has 22 heavy (non-hydrogen) atoms. The lowest BCUT2D eigenvalue weighted by atomic mass is 10.2. The largest absolute Gasteiger partial charge is 0.378 e. The molecule has 8 heteroatoms. The predicted octanol–water partition coefficient (Wildman–Crippen LogP) is 2.52. The topological polar surface area (TPSA) is 82.1 Å². The highest BCUT2D eigenvalue weighted by atomic mass is 35.5. The van der Waals surface area contributed by atoms with E-state index in [1.54, 1.807) is 6.21 Å². The lowest BCUT2D eigenvalue weighted by molar-refractivity contribution is 1.13. The van der Waals surface area contributed by atoms with Gasteiger partial charge in [-0.1, -0.05) is 12.1 Å². The van der Waals surface area contributed by atoms with Crippen LogP contribution >= 0.6 is 11.6 Å². The molecule has 0 saturated carbocycles. The number of imidazole rings is 1. The number of aromatic amines is 1. The van der Waals surface area contributed by atoms with Crippen molar-refractivity contribution < 1.29 is 0 Å². The summed E-state index contributed by atoms with van der Waals surface area (Å²) in [5, 5.41) is 4.29. The minimum absolute atomic E-state index is 0.118. The Morgan fingerprint density at radius 3 is 2.73 bits per heavy atom.